The molecule has 4 N–H and O–H groups in total. The molecule has 1 aliphatic rings. The number of aromatic nitrogens is 1. The maximum atomic E-state index is 12.4. The number of rotatable bonds is 7. The molecule has 2 aromatic heterocycles. The number of anilines is 1. The Bertz CT molecular complexity index is 1040. The van der Waals surface area contributed by atoms with Crippen molar-refractivity contribution >= 4 is 40.1 Å². The summed E-state index contributed by atoms with van der Waals surface area (Å²) < 4.78 is 10.1. The van der Waals surface area contributed by atoms with E-state index in [9.17, 15) is 19.2 Å². The van der Waals surface area contributed by atoms with Crippen molar-refractivity contribution in [1.82, 2.24) is 4.98 Å². The van der Waals surface area contributed by atoms with Gasteiger partial charge in [-0.1, -0.05) is 0 Å². The highest BCUT2D eigenvalue weighted by atomic mass is 32.1. The summed E-state index contributed by atoms with van der Waals surface area (Å²) in [5.74, 6) is -2.49. The second-order valence-corrected chi connectivity index (χ2v) is 8.00. The number of ether oxygens (including phenoxy) is 2. The molecular formula is C20H23N3O6S. The summed E-state index contributed by atoms with van der Waals surface area (Å²) in [4.78, 5) is 52.4. The average molecular weight is 433 g/mol. The SMILES string of the molecule is CCOC(=O)c1c(C)[nH]c(C(=O)OCC(=O)Nc2sc3c(c2C(N)=O)CCC3)c1C. The van der Waals surface area contributed by atoms with Crippen LogP contribution in [0.25, 0.3) is 0 Å². The largest absolute Gasteiger partial charge is 0.462 e. The summed E-state index contributed by atoms with van der Waals surface area (Å²) in [6.45, 7) is 4.59. The van der Waals surface area contributed by atoms with Crippen LogP contribution in [0.3, 0.4) is 0 Å². The second-order valence-electron chi connectivity index (χ2n) is 6.90. The third-order valence-corrected chi connectivity index (χ3v) is 6.08. The van der Waals surface area contributed by atoms with Crippen LogP contribution < -0.4 is 11.1 Å². The average Bonchev–Trinajstić information content (AvgIpc) is 3.32. The van der Waals surface area contributed by atoms with Crippen LogP contribution in [0.1, 0.15) is 66.2 Å². The Morgan fingerprint density at radius 2 is 1.83 bits per heavy atom. The van der Waals surface area contributed by atoms with Crippen LogP contribution in [0.15, 0.2) is 0 Å². The number of esters is 2. The molecule has 30 heavy (non-hydrogen) atoms. The van der Waals surface area contributed by atoms with E-state index in [1.807, 2.05) is 0 Å². The minimum Gasteiger partial charge on any atom is -0.462 e. The molecule has 0 aromatic carbocycles. The molecule has 0 saturated carbocycles. The van der Waals surface area contributed by atoms with Gasteiger partial charge in [-0.05, 0) is 51.2 Å². The Morgan fingerprint density at radius 3 is 2.50 bits per heavy atom. The lowest BCUT2D eigenvalue weighted by Crippen LogP contribution is -2.23. The van der Waals surface area contributed by atoms with Crippen molar-refractivity contribution in [3.05, 3.63) is 38.5 Å². The predicted octanol–water partition coefficient (Wildman–Crippen LogP) is 2.25. The molecule has 0 aliphatic heterocycles. The fourth-order valence-electron chi connectivity index (χ4n) is 3.58. The van der Waals surface area contributed by atoms with Crippen LogP contribution in [-0.4, -0.2) is 42.0 Å². The third kappa shape index (κ3) is 4.09. The number of fused-ring (bicyclic) bond motifs is 1. The van der Waals surface area contributed by atoms with Crippen molar-refractivity contribution in [2.75, 3.05) is 18.5 Å². The van der Waals surface area contributed by atoms with Crippen molar-refractivity contribution in [2.24, 2.45) is 5.73 Å². The maximum absolute atomic E-state index is 12.4. The van der Waals surface area contributed by atoms with E-state index < -0.39 is 30.4 Å². The van der Waals surface area contributed by atoms with Crippen LogP contribution >= 0.6 is 11.3 Å². The minimum absolute atomic E-state index is 0.0799. The molecule has 0 atom stereocenters. The Kier molecular flexibility index (Phi) is 6.25. The summed E-state index contributed by atoms with van der Waals surface area (Å²) in [6.07, 6.45) is 2.55. The van der Waals surface area contributed by atoms with E-state index in [1.165, 1.54) is 11.3 Å². The summed E-state index contributed by atoms with van der Waals surface area (Å²) in [5.41, 5.74) is 7.92. The van der Waals surface area contributed by atoms with Gasteiger partial charge in [0.05, 0.1) is 17.7 Å². The van der Waals surface area contributed by atoms with E-state index in [1.54, 1.807) is 20.8 Å². The first kappa shape index (κ1) is 21.6. The van der Waals surface area contributed by atoms with E-state index in [0.717, 1.165) is 29.7 Å². The Balaban J connectivity index is 1.66. The molecule has 2 amide bonds. The van der Waals surface area contributed by atoms with Gasteiger partial charge in [0.1, 0.15) is 10.7 Å². The standard InChI is InChI=1S/C20H23N3O6S/c1-4-28-19(26)14-9(2)16(22-10(14)3)20(27)29-8-13(24)23-18-15(17(21)25)11-6-5-7-12(11)30-18/h22H,4-8H2,1-3H3,(H2,21,25)(H,23,24). The third-order valence-electron chi connectivity index (χ3n) is 4.88. The summed E-state index contributed by atoms with van der Waals surface area (Å²) in [6, 6.07) is 0. The van der Waals surface area contributed by atoms with Crippen molar-refractivity contribution in [1.29, 1.82) is 0 Å². The lowest BCUT2D eigenvalue weighted by atomic mass is 10.1. The van der Waals surface area contributed by atoms with Crippen molar-refractivity contribution in [2.45, 2.75) is 40.0 Å². The Labute approximate surface area is 176 Å². The molecular weight excluding hydrogens is 410 g/mol. The lowest BCUT2D eigenvalue weighted by molar-refractivity contribution is -0.119. The van der Waals surface area contributed by atoms with Crippen LogP contribution in [0.4, 0.5) is 5.00 Å². The van der Waals surface area contributed by atoms with Crippen LogP contribution in [0.5, 0.6) is 0 Å². The zero-order valence-corrected chi connectivity index (χ0v) is 17.8. The number of primary amides is 1. The van der Waals surface area contributed by atoms with Gasteiger partial charge in [-0.15, -0.1) is 11.3 Å². The molecule has 0 fully saturated rings. The molecule has 9 nitrogen and oxygen atoms in total. The molecule has 0 radical (unpaired) electrons. The molecule has 1 aliphatic carbocycles. The van der Waals surface area contributed by atoms with Crippen molar-refractivity contribution in [3.63, 3.8) is 0 Å². The molecule has 3 rings (SSSR count). The number of aromatic amines is 1. The number of H-pyrrole nitrogens is 1. The molecule has 160 valence electrons. The first-order chi connectivity index (χ1) is 14.2. The Hall–Kier alpha value is -3.14. The molecule has 0 spiro atoms. The van der Waals surface area contributed by atoms with Gasteiger partial charge in [0.2, 0.25) is 0 Å². The Morgan fingerprint density at radius 1 is 1.10 bits per heavy atom. The fraction of sp³-hybridized carbons (Fsp3) is 0.400. The molecule has 10 heteroatoms. The molecule has 2 heterocycles. The normalized spacial score (nSPS) is 12.4. The number of thiophene rings is 1. The lowest BCUT2D eigenvalue weighted by Gasteiger charge is -2.07. The summed E-state index contributed by atoms with van der Waals surface area (Å²) in [5, 5.41) is 2.99. The first-order valence-electron chi connectivity index (χ1n) is 9.52. The molecule has 0 unspecified atom stereocenters. The number of nitrogens with one attached hydrogen (secondary N) is 2. The highest BCUT2D eigenvalue weighted by Gasteiger charge is 2.27. The predicted molar refractivity (Wildman–Crippen MR) is 110 cm³/mol. The smallest absolute Gasteiger partial charge is 0.355 e. The van der Waals surface area contributed by atoms with Gasteiger partial charge in [0.25, 0.3) is 11.8 Å². The zero-order chi connectivity index (χ0) is 22.0. The fourth-order valence-corrected chi connectivity index (χ4v) is 4.89. The van der Waals surface area contributed by atoms with E-state index in [-0.39, 0.29) is 17.9 Å². The van der Waals surface area contributed by atoms with Crippen LogP contribution in [0.2, 0.25) is 0 Å². The van der Waals surface area contributed by atoms with Gasteiger partial charge in [-0.25, -0.2) is 9.59 Å². The van der Waals surface area contributed by atoms with Gasteiger partial charge >= 0.3 is 11.9 Å². The number of carbonyl (C=O) groups excluding carboxylic acids is 4. The van der Waals surface area contributed by atoms with E-state index in [4.69, 9.17) is 15.2 Å². The number of amides is 2. The molecule has 2 aromatic rings. The van der Waals surface area contributed by atoms with Gasteiger partial charge in [0.15, 0.2) is 6.61 Å². The first-order valence-corrected chi connectivity index (χ1v) is 10.3. The summed E-state index contributed by atoms with van der Waals surface area (Å²) >= 11 is 1.32. The molecule has 0 bridgehead atoms. The second kappa shape index (κ2) is 8.70. The van der Waals surface area contributed by atoms with E-state index in [2.05, 4.69) is 10.3 Å². The zero-order valence-electron chi connectivity index (χ0n) is 17.0. The maximum Gasteiger partial charge on any atom is 0.355 e. The van der Waals surface area contributed by atoms with Crippen molar-refractivity contribution < 1.29 is 28.7 Å². The number of nitrogens with two attached hydrogens (primary N) is 1. The monoisotopic (exact) mass is 433 g/mol. The van der Waals surface area contributed by atoms with Crippen molar-refractivity contribution in [3.8, 4) is 0 Å². The van der Waals surface area contributed by atoms with E-state index in [0.29, 0.717) is 21.8 Å². The molecule has 0 saturated heterocycles. The van der Waals surface area contributed by atoms with Gasteiger partial charge < -0.3 is 25.5 Å². The van der Waals surface area contributed by atoms with E-state index >= 15 is 0 Å². The number of aryl methyl sites for hydroxylation is 2. The van der Waals surface area contributed by atoms with Crippen LogP contribution in [0, 0.1) is 13.8 Å². The highest BCUT2D eigenvalue weighted by Crippen LogP contribution is 2.38. The number of hydrogen-bond acceptors (Lipinski definition) is 7. The topological polar surface area (TPSA) is 141 Å². The minimum atomic E-state index is -0.773. The van der Waals surface area contributed by atoms with Gasteiger partial charge in [-0.2, -0.15) is 0 Å². The quantitative estimate of drug-likeness (QED) is 0.572. The number of hydrogen-bond donors (Lipinski definition) is 3. The number of carbonyl (C=O) groups is 4. The summed E-state index contributed by atoms with van der Waals surface area (Å²) in [7, 11) is 0. The van der Waals surface area contributed by atoms with Gasteiger partial charge in [-0.3, -0.25) is 9.59 Å². The highest BCUT2D eigenvalue weighted by molar-refractivity contribution is 7.17. The van der Waals surface area contributed by atoms with Crippen LogP contribution in [-0.2, 0) is 27.1 Å². The van der Waals surface area contributed by atoms with Gasteiger partial charge in [0, 0.05) is 10.6 Å².